The van der Waals surface area contributed by atoms with Gasteiger partial charge in [0.05, 0.1) is 6.61 Å². The molecule has 1 aliphatic heterocycles. The van der Waals surface area contributed by atoms with Gasteiger partial charge in [0, 0.05) is 25.7 Å². The topological polar surface area (TPSA) is 79.7 Å². The summed E-state index contributed by atoms with van der Waals surface area (Å²) < 4.78 is 5.02. The van der Waals surface area contributed by atoms with Crippen molar-refractivity contribution in [3.8, 4) is 0 Å². The lowest BCUT2D eigenvalue weighted by molar-refractivity contribution is -0.137. The SMILES string of the molecule is CCOC(=O)c1cccnc1N1CCC(CC(=O)O)C1. The number of carboxylic acids is 1. The van der Waals surface area contributed by atoms with Crippen molar-refractivity contribution < 1.29 is 19.4 Å². The van der Waals surface area contributed by atoms with Crippen LogP contribution in [0.5, 0.6) is 0 Å². The third kappa shape index (κ3) is 3.26. The second-order valence-corrected chi connectivity index (χ2v) is 4.79. The van der Waals surface area contributed by atoms with E-state index < -0.39 is 11.9 Å². The van der Waals surface area contributed by atoms with E-state index in [0.717, 1.165) is 6.42 Å². The summed E-state index contributed by atoms with van der Waals surface area (Å²) in [5.41, 5.74) is 0.435. The zero-order valence-electron chi connectivity index (χ0n) is 11.4. The largest absolute Gasteiger partial charge is 0.481 e. The predicted octanol–water partition coefficient (Wildman–Crippen LogP) is 1.56. The van der Waals surface area contributed by atoms with Crippen molar-refractivity contribution in [1.29, 1.82) is 0 Å². The average Bonchev–Trinajstić information content (AvgIpc) is 2.86. The van der Waals surface area contributed by atoms with Crippen LogP contribution in [0.4, 0.5) is 5.82 Å². The molecule has 6 nitrogen and oxygen atoms in total. The van der Waals surface area contributed by atoms with E-state index in [2.05, 4.69) is 4.98 Å². The minimum absolute atomic E-state index is 0.101. The lowest BCUT2D eigenvalue weighted by atomic mass is 10.1. The second kappa shape index (κ2) is 6.36. The first-order valence-electron chi connectivity index (χ1n) is 6.70. The number of hydrogen-bond donors (Lipinski definition) is 1. The summed E-state index contributed by atoms with van der Waals surface area (Å²) in [5.74, 6) is -0.496. The number of pyridine rings is 1. The molecule has 6 heteroatoms. The highest BCUT2D eigenvalue weighted by atomic mass is 16.5. The standard InChI is InChI=1S/C14H18N2O4/c1-2-20-14(19)11-4-3-6-15-13(11)16-7-5-10(9-16)8-12(17)18/h3-4,6,10H,2,5,7-9H2,1H3,(H,17,18). The van der Waals surface area contributed by atoms with E-state index in [4.69, 9.17) is 9.84 Å². The van der Waals surface area contributed by atoms with Crippen molar-refractivity contribution in [3.05, 3.63) is 23.9 Å². The highest BCUT2D eigenvalue weighted by Crippen LogP contribution is 2.27. The summed E-state index contributed by atoms with van der Waals surface area (Å²) in [7, 11) is 0. The number of esters is 1. The smallest absolute Gasteiger partial charge is 0.341 e. The number of ether oxygens (including phenoxy) is 1. The Hall–Kier alpha value is -2.11. The number of aliphatic carboxylic acids is 1. The van der Waals surface area contributed by atoms with Gasteiger partial charge in [-0.25, -0.2) is 9.78 Å². The maximum absolute atomic E-state index is 11.9. The van der Waals surface area contributed by atoms with E-state index in [1.807, 2.05) is 4.90 Å². The van der Waals surface area contributed by atoms with Crippen molar-refractivity contribution in [1.82, 2.24) is 4.98 Å². The summed E-state index contributed by atoms with van der Waals surface area (Å²) in [6, 6.07) is 3.38. The number of carbonyl (C=O) groups is 2. The van der Waals surface area contributed by atoms with E-state index in [0.29, 0.717) is 31.1 Å². The van der Waals surface area contributed by atoms with Crippen molar-refractivity contribution in [2.45, 2.75) is 19.8 Å². The van der Waals surface area contributed by atoms with Crippen molar-refractivity contribution >= 4 is 17.8 Å². The summed E-state index contributed by atoms with van der Waals surface area (Å²) >= 11 is 0. The lowest BCUT2D eigenvalue weighted by Gasteiger charge is -2.19. The molecule has 0 aromatic carbocycles. The van der Waals surface area contributed by atoms with Gasteiger partial charge in [0.1, 0.15) is 11.4 Å². The molecule has 1 aliphatic rings. The van der Waals surface area contributed by atoms with E-state index in [1.165, 1.54) is 0 Å². The number of anilines is 1. The highest BCUT2D eigenvalue weighted by molar-refractivity contribution is 5.94. The van der Waals surface area contributed by atoms with E-state index in [9.17, 15) is 9.59 Å². The van der Waals surface area contributed by atoms with Crippen LogP contribution in [0.25, 0.3) is 0 Å². The van der Waals surface area contributed by atoms with Crippen LogP contribution in [-0.2, 0) is 9.53 Å². The highest BCUT2D eigenvalue weighted by Gasteiger charge is 2.28. The van der Waals surface area contributed by atoms with Gasteiger partial charge in [-0.3, -0.25) is 4.79 Å². The van der Waals surface area contributed by atoms with Gasteiger partial charge in [-0.05, 0) is 31.4 Å². The molecule has 0 aliphatic carbocycles. The Balaban J connectivity index is 2.13. The van der Waals surface area contributed by atoms with Crippen molar-refractivity contribution in [3.63, 3.8) is 0 Å². The van der Waals surface area contributed by atoms with Gasteiger partial charge in [0.25, 0.3) is 0 Å². The van der Waals surface area contributed by atoms with Crippen LogP contribution in [0.15, 0.2) is 18.3 Å². The number of aromatic nitrogens is 1. The van der Waals surface area contributed by atoms with Gasteiger partial charge in [-0.15, -0.1) is 0 Å². The number of nitrogens with zero attached hydrogens (tertiary/aromatic N) is 2. The van der Waals surface area contributed by atoms with Crippen LogP contribution < -0.4 is 4.90 Å². The number of hydrogen-bond acceptors (Lipinski definition) is 5. The van der Waals surface area contributed by atoms with Gasteiger partial charge in [-0.2, -0.15) is 0 Å². The van der Waals surface area contributed by atoms with Crippen LogP contribution in [-0.4, -0.2) is 41.7 Å². The van der Waals surface area contributed by atoms with Crippen molar-refractivity contribution in [2.75, 3.05) is 24.6 Å². The number of carbonyl (C=O) groups excluding carboxylic acids is 1. The van der Waals surface area contributed by atoms with Gasteiger partial charge < -0.3 is 14.7 Å². The summed E-state index contributed by atoms with van der Waals surface area (Å²) in [5, 5.41) is 8.84. The minimum Gasteiger partial charge on any atom is -0.481 e. The van der Waals surface area contributed by atoms with Gasteiger partial charge in [0.2, 0.25) is 0 Å². The molecule has 2 rings (SSSR count). The summed E-state index contributed by atoms with van der Waals surface area (Å²) in [4.78, 5) is 28.9. The molecule has 0 radical (unpaired) electrons. The molecule has 1 unspecified atom stereocenters. The molecule has 0 bridgehead atoms. The van der Waals surface area contributed by atoms with Gasteiger partial charge in [0.15, 0.2) is 0 Å². The zero-order chi connectivity index (χ0) is 14.5. The maximum atomic E-state index is 11.9. The molecular weight excluding hydrogens is 260 g/mol. The molecule has 1 fully saturated rings. The molecular formula is C14H18N2O4. The maximum Gasteiger partial charge on any atom is 0.341 e. The van der Waals surface area contributed by atoms with Gasteiger partial charge >= 0.3 is 11.9 Å². The summed E-state index contributed by atoms with van der Waals surface area (Å²) in [6.45, 7) is 3.39. The molecule has 0 spiro atoms. The molecule has 0 amide bonds. The monoisotopic (exact) mass is 278 g/mol. The van der Waals surface area contributed by atoms with Crippen molar-refractivity contribution in [2.24, 2.45) is 5.92 Å². The van der Waals surface area contributed by atoms with E-state index >= 15 is 0 Å². The molecule has 1 aromatic rings. The summed E-state index contributed by atoms with van der Waals surface area (Å²) in [6.07, 6.45) is 2.58. The Labute approximate surface area is 117 Å². The van der Waals surface area contributed by atoms with E-state index in [-0.39, 0.29) is 12.3 Å². The lowest BCUT2D eigenvalue weighted by Crippen LogP contribution is -2.24. The van der Waals surface area contributed by atoms with Crippen LogP contribution in [0, 0.1) is 5.92 Å². The predicted molar refractivity (Wildman–Crippen MR) is 72.8 cm³/mol. The first-order valence-corrected chi connectivity index (χ1v) is 6.70. The van der Waals surface area contributed by atoms with Crippen LogP contribution in [0.1, 0.15) is 30.1 Å². The third-order valence-corrected chi connectivity index (χ3v) is 3.33. The molecule has 1 aromatic heterocycles. The van der Waals surface area contributed by atoms with Crippen LogP contribution >= 0.6 is 0 Å². The fraction of sp³-hybridized carbons (Fsp3) is 0.500. The fourth-order valence-electron chi connectivity index (χ4n) is 2.46. The Morgan fingerprint density at radius 1 is 1.55 bits per heavy atom. The molecule has 1 saturated heterocycles. The van der Waals surface area contributed by atoms with E-state index in [1.54, 1.807) is 25.3 Å². The molecule has 2 heterocycles. The Bertz CT molecular complexity index is 504. The Kier molecular flexibility index (Phi) is 4.55. The fourth-order valence-corrected chi connectivity index (χ4v) is 2.46. The normalized spacial score (nSPS) is 18.1. The number of rotatable bonds is 5. The molecule has 1 atom stereocenters. The third-order valence-electron chi connectivity index (χ3n) is 3.33. The first-order chi connectivity index (χ1) is 9.61. The molecule has 20 heavy (non-hydrogen) atoms. The minimum atomic E-state index is -0.788. The number of carboxylic acid groups (broad SMARTS) is 1. The molecule has 1 N–H and O–H groups in total. The van der Waals surface area contributed by atoms with Gasteiger partial charge in [-0.1, -0.05) is 0 Å². The molecule has 108 valence electrons. The Morgan fingerprint density at radius 2 is 2.35 bits per heavy atom. The quantitative estimate of drug-likeness (QED) is 0.823. The second-order valence-electron chi connectivity index (χ2n) is 4.79. The molecule has 0 saturated carbocycles. The zero-order valence-corrected chi connectivity index (χ0v) is 11.4. The first kappa shape index (κ1) is 14.3. The Morgan fingerprint density at radius 3 is 3.05 bits per heavy atom. The van der Waals surface area contributed by atoms with Crippen LogP contribution in [0.3, 0.4) is 0 Å². The average molecular weight is 278 g/mol. The van der Waals surface area contributed by atoms with Crippen LogP contribution in [0.2, 0.25) is 0 Å².